The summed E-state index contributed by atoms with van der Waals surface area (Å²) in [6.07, 6.45) is 1.65. The second kappa shape index (κ2) is 13.1. The third-order valence-electron chi connectivity index (χ3n) is 5.70. The number of hydrogen-bond acceptors (Lipinski definition) is 8. The molecule has 11 heteroatoms. The molecule has 0 aromatic heterocycles. The van der Waals surface area contributed by atoms with E-state index in [-0.39, 0.29) is 16.8 Å². The number of benzene rings is 3. The maximum Gasteiger partial charge on any atom is 0.285 e. The lowest BCUT2D eigenvalue weighted by molar-refractivity contribution is -0.123. The van der Waals surface area contributed by atoms with Crippen LogP contribution in [0, 0.1) is 6.92 Å². The van der Waals surface area contributed by atoms with Crippen molar-refractivity contribution in [2.45, 2.75) is 13.8 Å². The number of carbonyl (C=O) groups is 3. The first-order valence-electron chi connectivity index (χ1n) is 12.3. The number of hydrogen-bond donors (Lipinski definition) is 2. The molecule has 0 unspecified atom stereocenters. The van der Waals surface area contributed by atoms with Gasteiger partial charge in [-0.2, -0.15) is 5.01 Å². The average molecular weight is 578 g/mol. The summed E-state index contributed by atoms with van der Waals surface area (Å²) in [5, 5.41) is 3.87. The van der Waals surface area contributed by atoms with Gasteiger partial charge in [-0.25, -0.2) is 0 Å². The minimum absolute atomic E-state index is 0.197. The van der Waals surface area contributed by atoms with Crippen molar-refractivity contribution >= 4 is 57.8 Å². The van der Waals surface area contributed by atoms with Crippen LogP contribution in [-0.2, 0) is 9.59 Å². The molecular formula is C29H27N3O6S2. The zero-order valence-electron chi connectivity index (χ0n) is 22.1. The number of methoxy groups -OCH3 is 1. The van der Waals surface area contributed by atoms with Crippen molar-refractivity contribution in [1.29, 1.82) is 0 Å². The molecule has 1 fully saturated rings. The van der Waals surface area contributed by atoms with E-state index in [0.29, 0.717) is 45.6 Å². The molecule has 3 aromatic rings. The molecule has 1 saturated heterocycles. The van der Waals surface area contributed by atoms with E-state index >= 15 is 0 Å². The Kier molecular flexibility index (Phi) is 9.41. The van der Waals surface area contributed by atoms with Gasteiger partial charge in [0.25, 0.3) is 17.7 Å². The zero-order chi connectivity index (χ0) is 28.6. The summed E-state index contributed by atoms with van der Waals surface area (Å²) < 4.78 is 16.8. The molecule has 1 aliphatic heterocycles. The average Bonchev–Trinajstić information content (AvgIpc) is 3.21. The Labute approximate surface area is 241 Å². The maximum absolute atomic E-state index is 13.0. The van der Waals surface area contributed by atoms with Crippen LogP contribution in [0.4, 0.5) is 5.69 Å². The van der Waals surface area contributed by atoms with Crippen LogP contribution in [0.15, 0.2) is 71.6 Å². The smallest absolute Gasteiger partial charge is 0.285 e. The fraction of sp³-hybridized carbons (Fsp3) is 0.172. The van der Waals surface area contributed by atoms with Crippen LogP contribution in [-0.4, -0.2) is 47.4 Å². The minimum Gasteiger partial charge on any atom is -0.497 e. The summed E-state index contributed by atoms with van der Waals surface area (Å²) in [4.78, 5) is 38.4. The van der Waals surface area contributed by atoms with Gasteiger partial charge in [-0.1, -0.05) is 36.0 Å². The topological polar surface area (TPSA) is 106 Å². The molecule has 1 aliphatic rings. The number of aryl methyl sites for hydroxylation is 1. The Morgan fingerprint density at radius 3 is 2.48 bits per heavy atom. The summed E-state index contributed by atoms with van der Waals surface area (Å²) in [7, 11) is 1.53. The number of nitrogens with zero attached hydrogens (tertiary/aromatic N) is 1. The van der Waals surface area contributed by atoms with Gasteiger partial charge in [0.05, 0.1) is 18.6 Å². The summed E-state index contributed by atoms with van der Waals surface area (Å²) in [5.41, 5.74) is 5.22. The highest BCUT2D eigenvalue weighted by molar-refractivity contribution is 8.26. The molecule has 0 bridgehead atoms. The monoisotopic (exact) mass is 577 g/mol. The van der Waals surface area contributed by atoms with E-state index in [4.69, 9.17) is 26.4 Å². The standard InChI is InChI=1S/C29H27N3O6S2/c1-4-37-24-15-19(9-14-23(24)38-17-26(33)30-22-8-6-5-7-18(22)2)16-25-28(35)32(29(39)40-25)31-27(34)20-10-12-21(36-3)13-11-20/h5-16H,4,17H2,1-3H3,(H,30,33)(H,31,34)/b25-16-. The highest BCUT2D eigenvalue weighted by Gasteiger charge is 2.34. The molecule has 1 heterocycles. The number of para-hydroxylation sites is 1. The van der Waals surface area contributed by atoms with Gasteiger partial charge in [0.15, 0.2) is 22.4 Å². The first-order chi connectivity index (χ1) is 19.3. The van der Waals surface area contributed by atoms with E-state index in [1.807, 2.05) is 38.1 Å². The molecule has 4 rings (SSSR count). The molecule has 0 atom stereocenters. The van der Waals surface area contributed by atoms with Gasteiger partial charge in [0, 0.05) is 11.3 Å². The summed E-state index contributed by atoms with van der Waals surface area (Å²) in [6, 6.07) is 19.1. The van der Waals surface area contributed by atoms with Crippen LogP contribution in [0.5, 0.6) is 17.2 Å². The van der Waals surface area contributed by atoms with Gasteiger partial charge in [0.1, 0.15) is 5.75 Å². The zero-order valence-corrected chi connectivity index (χ0v) is 23.7. The van der Waals surface area contributed by atoms with Crippen LogP contribution in [0.2, 0.25) is 0 Å². The van der Waals surface area contributed by atoms with Gasteiger partial charge in [-0.15, -0.1) is 0 Å². The molecule has 206 valence electrons. The van der Waals surface area contributed by atoms with Gasteiger partial charge < -0.3 is 19.5 Å². The van der Waals surface area contributed by atoms with Crippen molar-refractivity contribution < 1.29 is 28.6 Å². The summed E-state index contributed by atoms with van der Waals surface area (Å²) >= 11 is 6.40. The first-order valence-corrected chi connectivity index (χ1v) is 13.5. The minimum atomic E-state index is -0.480. The van der Waals surface area contributed by atoms with E-state index in [1.54, 1.807) is 48.5 Å². The van der Waals surface area contributed by atoms with Crippen molar-refractivity contribution in [3.8, 4) is 17.2 Å². The van der Waals surface area contributed by atoms with Crippen LogP contribution < -0.4 is 25.0 Å². The fourth-order valence-corrected chi connectivity index (χ4v) is 4.85. The van der Waals surface area contributed by atoms with Crippen LogP contribution >= 0.6 is 24.0 Å². The van der Waals surface area contributed by atoms with Crippen molar-refractivity contribution in [1.82, 2.24) is 10.4 Å². The maximum atomic E-state index is 13.0. The third-order valence-corrected chi connectivity index (χ3v) is 7.00. The number of anilines is 1. The number of thiocarbonyl (C=S) groups is 1. The van der Waals surface area contributed by atoms with Gasteiger partial charge in [-0.3, -0.25) is 19.8 Å². The summed E-state index contributed by atoms with van der Waals surface area (Å²) in [5.74, 6) is 0.177. The van der Waals surface area contributed by atoms with E-state index in [1.165, 1.54) is 7.11 Å². The van der Waals surface area contributed by atoms with Gasteiger partial charge >= 0.3 is 0 Å². The van der Waals surface area contributed by atoms with Crippen molar-refractivity contribution in [2.24, 2.45) is 0 Å². The van der Waals surface area contributed by atoms with E-state index in [0.717, 1.165) is 22.3 Å². The number of rotatable bonds is 10. The Bertz CT molecular complexity index is 1470. The van der Waals surface area contributed by atoms with E-state index in [9.17, 15) is 14.4 Å². The van der Waals surface area contributed by atoms with E-state index in [2.05, 4.69) is 10.7 Å². The molecule has 9 nitrogen and oxygen atoms in total. The molecule has 3 amide bonds. The van der Waals surface area contributed by atoms with Crippen LogP contribution in [0.1, 0.15) is 28.4 Å². The van der Waals surface area contributed by atoms with Crippen molar-refractivity contribution in [2.75, 3.05) is 25.6 Å². The Morgan fingerprint density at radius 1 is 1.02 bits per heavy atom. The Balaban J connectivity index is 1.43. The molecule has 0 spiro atoms. The second-order valence-electron chi connectivity index (χ2n) is 8.48. The molecule has 0 radical (unpaired) electrons. The number of hydrazine groups is 1. The molecule has 0 aliphatic carbocycles. The highest BCUT2D eigenvalue weighted by Crippen LogP contribution is 2.34. The van der Waals surface area contributed by atoms with Crippen molar-refractivity contribution in [3.63, 3.8) is 0 Å². The lowest BCUT2D eigenvalue weighted by Crippen LogP contribution is -2.44. The molecule has 40 heavy (non-hydrogen) atoms. The number of nitrogens with one attached hydrogen (secondary N) is 2. The normalized spacial score (nSPS) is 13.8. The second-order valence-corrected chi connectivity index (χ2v) is 10.2. The molecule has 2 N–H and O–H groups in total. The SMILES string of the molecule is CCOc1cc(/C=C2\SC(=S)N(NC(=O)c3ccc(OC)cc3)C2=O)ccc1OCC(=O)Nc1ccccc1C. The number of carbonyl (C=O) groups excluding carboxylic acids is 3. The predicted octanol–water partition coefficient (Wildman–Crippen LogP) is 4.97. The van der Waals surface area contributed by atoms with Gasteiger partial charge in [-0.05, 0) is 85.7 Å². The van der Waals surface area contributed by atoms with Gasteiger partial charge in [0.2, 0.25) is 0 Å². The fourth-order valence-electron chi connectivity index (χ4n) is 3.67. The lowest BCUT2D eigenvalue weighted by Gasteiger charge is -2.15. The largest absolute Gasteiger partial charge is 0.497 e. The lowest BCUT2D eigenvalue weighted by atomic mass is 10.2. The number of amides is 3. The molecular weight excluding hydrogens is 550 g/mol. The number of thioether (sulfide) groups is 1. The molecule has 3 aromatic carbocycles. The first kappa shape index (κ1) is 28.7. The van der Waals surface area contributed by atoms with Crippen LogP contribution in [0.25, 0.3) is 6.08 Å². The number of ether oxygens (including phenoxy) is 3. The quantitative estimate of drug-likeness (QED) is 0.257. The Hall–Kier alpha value is -4.35. The predicted molar refractivity (Wildman–Crippen MR) is 158 cm³/mol. The Morgan fingerprint density at radius 2 is 1.77 bits per heavy atom. The highest BCUT2D eigenvalue weighted by atomic mass is 32.2. The van der Waals surface area contributed by atoms with Crippen LogP contribution in [0.3, 0.4) is 0 Å². The molecule has 0 saturated carbocycles. The van der Waals surface area contributed by atoms with E-state index < -0.39 is 11.8 Å². The third kappa shape index (κ3) is 6.99. The summed E-state index contributed by atoms with van der Waals surface area (Å²) in [6.45, 7) is 3.90. The van der Waals surface area contributed by atoms with Crippen molar-refractivity contribution in [3.05, 3.63) is 88.3 Å².